The summed E-state index contributed by atoms with van der Waals surface area (Å²) in [7, 11) is 0. The molecule has 0 spiro atoms. The van der Waals surface area contributed by atoms with Crippen LogP contribution < -0.4 is 5.32 Å². The number of rotatable bonds is 5. The number of hydrogen-bond donors (Lipinski definition) is 1. The Bertz CT molecular complexity index is 308. The monoisotopic (exact) mass is 282 g/mol. The normalized spacial score (nSPS) is 23.9. The second-order valence-corrected chi connectivity index (χ2v) is 4.98. The lowest BCUT2D eigenvalue weighted by Crippen LogP contribution is -2.50. The zero-order chi connectivity index (χ0) is 14.6. The number of carbonyl (C=O) groups is 1. The van der Waals surface area contributed by atoms with Gasteiger partial charge in [-0.15, -0.1) is 0 Å². The van der Waals surface area contributed by atoms with Gasteiger partial charge in [0.15, 0.2) is 0 Å². The maximum absolute atomic E-state index is 12.5. The van der Waals surface area contributed by atoms with Crippen molar-refractivity contribution in [3.05, 3.63) is 0 Å². The van der Waals surface area contributed by atoms with Gasteiger partial charge < -0.3 is 15.0 Å². The summed E-state index contributed by atoms with van der Waals surface area (Å²) in [5, 5.41) is 3.08. The maximum Gasteiger partial charge on any atom is 0.406 e. The molecule has 1 amide bonds. The highest BCUT2D eigenvalue weighted by molar-refractivity contribution is 5.80. The maximum atomic E-state index is 12.5. The van der Waals surface area contributed by atoms with Crippen LogP contribution in [0.3, 0.4) is 0 Å². The number of carbonyl (C=O) groups excluding carboxylic acids is 1. The van der Waals surface area contributed by atoms with E-state index in [-0.39, 0.29) is 12.6 Å². The minimum Gasteiger partial charge on any atom is -0.379 e. The minimum atomic E-state index is -4.38. The summed E-state index contributed by atoms with van der Waals surface area (Å²) in [6, 6.07) is -0.691. The van der Waals surface area contributed by atoms with E-state index >= 15 is 0 Å². The molecule has 2 unspecified atom stereocenters. The van der Waals surface area contributed by atoms with E-state index in [0.717, 1.165) is 4.90 Å². The van der Waals surface area contributed by atoms with Gasteiger partial charge in [-0.2, -0.15) is 13.2 Å². The highest BCUT2D eigenvalue weighted by Crippen LogP contribution is 2.23. The number of hydrogen-bond acceptors (Lipinski definition) is 3. The molecule has 1 fully saturated rings. The molecule has 4 nitrogen and oxygen atoms in total. The summed E-state index contributed by atoms with van der Waals surface area (Å²) >= 11 is 0. The predicted molar refractivity (Wildman–Crippen MR) is 64.7 cm³/mol. The van der Waals surface area contributed by atoms with Crippen LogP contribution >= 0.6 is 0 Å². The van der Waals surface area contributed by atoms with E-state index in [9.17, 15) is 18.0 Å². The molecule has 1 aliphatic heterocycles. The van der Waals surface area contributed by atoms with Gasteiger partial charge in [0.1, 0.15) is 6.54 Å². The fourth-order valence-corrected chi connectivity index (χ4v) is 2.18. The zero-order valence-corrected chi connectivity index (χ0v) is 11.5. The third kappa shape index (κ3) is 4.65. The smallest absolute Gasteiger partial charge is 0.379 e. The summed E-state index contributed by atoms with van der Waals surface area (Å²) in [5.41, 5.74) is 0. The van der Waals surface area contributed by atoms with Crippen LogP contribution in [-0.4, -0.2) is 55.4 Å². The molecular weight excluding hydrogens is 261 g/mol. The predicted octanol–water partition coefficient (Wildman–Crippen LogP) is 1.41. The van der Waals surface area contributed by atoms with E-state index < -0.39 is 30.6 Å². The van der Waals surface area contributed by atoms with E-state index in [1.807, 2.05) is 6.92 Å². The van der Waals surface area contributed by atoms with Crippen molar-refractivity contribution >= 4 is 5.91 Å². The van der Waals surface area contributed by atoms with Gasteiger partial charge in [-0.3, -0.25) is 4.79 Å². The first kappa shape index (κ1) is 16.2. The molecule has 0 bridgehead atoms. The molecule has 1 heterocycles. The summed E-state index contributed by atoms with van der Waals surface area (Å²) < 4.78 is 42.8. The molecule has 1 saturated heterocycles. The van der Waals surface area contributed by atoms with Crippen LogP contribution in [0.4, 0.5) is 13.2 Å². The van der Waals surface area contributed by atoms with Crippen LogP contribution in [0.2, 0.25) is 0 Å². The number of alkyl halides is 3. The SMILES string of the molecule is CCNC1COCC1C(=O)N(CC(F)(F)F)C(C)C. The first-order valence-electron chi connectivity index (χ1n) is 6.44. The molecule has 0 aromatic carbocycles. The average molecular weight is 282 g/mol. The van der Waals surface area contributed by atoms with Crippen molar-refractivity contribution in [2.45, 2.75) is 39.0 Å². The van der Waals surface area contributed by atoms with Gasteiger partial charge in [0.05, 0.1) is 19.1 Å². The van der Waals surface area contributed by atoms with Crippen molar-refractivity contribution in [1.29, 1.82) is 0 Å². The zero-order valence-electron chi connectivity index (χ0n) is 11.5. The molecule has 0 aromatic rings. The van der Waals surface area contributed by atoms with Crippen molar-refractivity contribution in [3.8, 4) is 0 Å². The third-order valence-corrected chi connectivity index (χ3v) is 3.12. The van der Waals surface area contributed by atoms with E-state index in [0.29, 0.717) is 13.2 Å². The molecule has 0 saturated carbocycles. The highest BCUT2D eigenvalue weighted by Gasteiger charge is 2.41. The lowest BCUT2D eigenvalue weighted by molar-refractivity contribution is -0.167. The number of likely N-dealkylation sites (N-methyl/N-ethyl adjacent to an activating group) is 1. The second-order valence-electron chi connectivity index (χ2n) is 4.98. The highest BCUT2D eigenvalue weighted by atomic mass is 19.4. The summed E-state index contributed by atoms with van der Waals surface area (Å²) in [6.45, 7) is 5.04. The van der Waals surface area contributed by atoms with Crippen molar-refractivity contribution in [2.75, 3.05) is 26.3 Å². The van der Waals surface area contributed by atoms with Gasteiger partial charge in [-0.1, -0.05) is 6.92 Å². The summed E-state index contributed by atoms with van der Waals surface area (Å²) in [4.78, 5) is 13.1. The molecule has 7 heteroatoms. The average Bonchev–Trinajstić information content (AvgIpc) is 2.72. The van der Waals surface area contributed by atoms with Gasteiger partial charge in [0.25, 0.3) is 0 Å². The molecule has 2 atom stereocenters. The van der Waals surface area contributed by atoms with Crippen LogP contribution in [0.1, 0.15) is 20.8 Å². The van der Waals surface area contributed by atoms with Crippen molar-refractivity contribution in [3.63, 3.8) is 0 Å². The molecule has 19 heavy (non-hydrogen) atoms. The van der Waals surface area contributed by atoms with Crippen LogP contribution in [-0.2, 0) is 9.53 Å². The lowest BCUT2D eigenvalue weighted by Gasteiger charge is -2.31. The Labute approximate surface area is 111 Å². The van der Waals surface area contributed by atoms with E-state index in [1.165, 1.54) is 0 Å². The van der Waals surface area contributed by atoms with Crippen molar-refractivity contribution in [2.24, 2.45) is 5.92 Å². The Hall–Kier alpha value is -0.820. The standard InChI is InChI=1S/C12H21F3N2O2/c1-4-16-10-6-19-5-9(10)11(18)17(8(2)3)7-12(13,14)15/h8-10,16H,4-7H2,1-3H3. The summed E-state index contributed by atoms with van der Waals surface area (Å²) in [6.07, 6.45) is -4.38. The van der Waals surface area contributed by atoms with Crippen LogP contribution in [0.15, 0.2) is 0 Å². The fourth-order valence-electron chi connectivity index (χ4n) is 2.18. The number of amides is 1. The molecule has 1 N–H and O–H groups in total. The minimum absolute atomic E-state index is 0.178. The number of halogens is 3. The Morgan fingerprint density at radius 1 is 1.42 bits per heavy atom. The van der Waals surface area contributed by atoms with E-state index in [2.05, 4.69) is 5.32 Å². The van der Waals surface area contributed by atoms with Crippen molar-refractivity contribution < 1.29 is 22.7 Å². The van der Waals surface area contributed by atoms with Gasteiger partial charge in [0, 0.05) is 12.1 Å². The van der Waals surface area contributed by atoms with Crippen molar-refractivity contribution in [1.82, 2.24) is 10.2 Å². The molecule has 0 radical (unpaired) electrons. The molecule has 1 aliphatic rings. The Kier molecular flexibility index (Phi) is 5.61. The van der Waals surface area contributed by atoms with Gasteiger partial charge in [-0.05, 0) is 20.4 Å². The Morgan fingerprint density at radius 2 is 2.05 bits per heavy atom. The van der Waals surface area contributed by atoms with Gasteiger partial charge in [-0.25, -0.2) is 0 Å². The van der Waals surface area contributed by atoms with Crippen LogP contribution in [0, 0.1) is 5.92 Å². The second kappa shape index (κ2) is 6.56. The number of ether oxygens (including phenoxy) is 1. The Balaban J connectivity index is 2.76. The molecule has 1 rings (SSSR count). The largest absolute Gasteiger partial charge is 0.406 e. The quantitative estimate of drug-likeness (QED) is 0.829. The topological polar surface area (TPSA) is 41.6 Å². The Morgan fingerprint density at radius 3 is 2.53 bits per heavy atom. The van der Waals surface area contributed by atoms with Crippen LogP contribution in [0.25, 0.3) is 0 Å². The van der Waals surface area contributed by atoms with Gasteiger partial charge in [0.2, 0.25) is 5.91 Å². The molecule has 0 aromatic heterocycles. The first-order valence-corrected chi connectivity index (χ1v) is 6.44. The van der Waals surface area contributed by atoms with Crippen LogP contribution in [0.5, 0.6) is 0 Å². The summed E-state index contributed by atoms with van der Waals surface area (Å²) in [5.74, 6) is -1.03. The van der Waals surface area contributed by atoms with Gasteiger partial charge >= 0.3 is 6.18 Å². The molecule has 112 valence electrons. The molecule has 0 aliphatic carbocycles. The third-order valence-electron chi connectivity index (χ3n) is 3.12. The van der Waals surface area contributed by atoms with E-state index in [1.54, 1.807) is 13.8 Å². The lowest BCUT2D eigenvalue weighted by atomic mass is 10.0. The number of nitrogens with one attached hydrogen (secondary N) is 1. The van der Waals surface area contributed by atoms with E-state index in [4.69, 9.17) is 4.74 Å². The molecular formula is C12H21F3N2O2. The number of nitrogens with zero attached hydrogens (tertiary/aromatic N) is 1. The first-order chi connectivity index (χ1) is 8.76. The fraction of sp³-hybridized carbons (Fsp3) is 0.917.